The standard InChI is InChI=1S/C15H17ClO2S/c1-9-5-10(2)19-15(9)14(16)11-6-12(17-3)8-13(7-11)18-4/h5-8,14H,1-4H3. The summed E-state index contributed by atoms with van der Waals surface area (Å²) in [6.07, 6.45) is 0. The molecule has 0 aliphatic heterocycles. The number of hydrogen-bond donors (Lipinski definition) is 0. The van der Waals surface area contributed by atoms with E-state index in [-0.39, 0.29) is 5.38 Å². The predicted octanol–water partition coefficient (Wildman–Crippen LogP) is 4.71. The van der Waals surface area contributed by atoms with Crippen molar-refractivity contribution < 1.29 is 9.47 Å². The van der Waals surface area contributed by atoms with Crippen LogP contribution in [0.1, 0.15) is 26.3 Å². The molecule has 0 radical (unpaired) electrons. The molecule has 0 aliphatic carbocycles. The highest BCUT2D eigenvalue weighted by Gasteiger charge is 2.17. The Morgan fingerprint density at radius 2 is 1.58 bits per heavy atom. The summed E-state index contributed by atoms with van der Waals surface area (Å²) in [6.45, 7) is 4.18. The lowest BCUT2D eigenvalue weighted by molar-refractivity contribution is 0.393. The van der Waals surface area contributed by atoms with Crippen molar-refractivity contribution in [2.45, 2.75) is 19.2 Å². The Hall–Kier alpha value is -1.19. The van der Waals surface area contributed by atoms with E-state index in [4.69, 9.17) is 21.1 Å². The van der Waals surface area contributed by atoms with Gasteiger partial charge in [-0.1, -0.05) is 0 Å². The molecule has 2 aromatic rings. The molecule has 1 aromatic carbocycles. The zero-order valence-electron chi connectivity index (χ0n) is 11.5. The zero-order valence-corrected chi connectivity index (χ0v) is 13.1. The van der Waals surface area contributed by atoms with Crippen LogP contribution in [-0.2, 0) is 0 Å². The van der Waals surface area contributed by atoms with Gasteiger partial charge < -0.3 is 9.47 Å². The first kappa shape index (κ1) is 14.2. The number of rotatable bonds is 4. The smallest absolute Gasteiger partial charge is 0.122 e. The second-order valence-electron chi connectivity index (χ2n) is 4.41. The molecule has 0 aliphatic rings. The summed E-state index contributed by atoms with van der Waals surface area (Å²) in [4.78, 5) is 2.45. The largest absolute Gasteiger partial charge is 0.497 e. The molecule has 0 N–H and O–H groups in total. The van der Waals surface area contributed by atoms with E-state index >= 15 is 0 Å². The lowest BCUT2D eigenvalue weighted by atomic mass is 10.1. The Kier molecular flexibility index (Phi) is 4.38. The van der Waals surface area contributed by atoms with Crippen molar-refractivity contribution in [1.82, 2.24) is 0 Å². The number of aryl methyl sites for hydroxylation is 2. The van der Waals surface area contributed by atoms with Crippen molar-refractivity contribution in [3.05, 3.63) is 45.1 Å². The lowest BCUT2D eigenvalue weighted by Crippen LogP contribution is -1.95. The van der Waals surface area contributed by atoms with E-state index in [0.717, 1.165) is 17.1 Å². The molecule has 19 heavy (non-hydrogen) atoms. The number of hydrogen-bond acceptors (Lipinski definition) is 3. The van der Waals surface area contributed by atoms with Crippen molar-refractivity contribution in [2.24, 2.45) is 0 Å². The molecule has 0 fully saturated rings. The first-order valence-corrected chi connectivity index (χ1v) is 7.24. The van der Waals surface area contributed by atoms with Crippen molar-refractivity contribution in [3.63, 3.8) is 0 Å². The molecule has 1 aromatic heterocycles. The Morgan fingerprint density at radius 1 is 1.00 bits per heavy atom. The summed E-state index contributed by atoms with van der Waals surface area (Å²) in [5.74, 6) is 1.51. The van der Waals surface area contributed by atoms with Crippen molar-refractivity contribution in [1.29, 1.82) is 0 Å². The van der Waals surface area contributed by atoms with Gasteiger partial charge in [0.1, 0.15) is 11.5 Å². The van der Waals surface area contributed by atoms with Crippen LogP contribution in [0.2, 0.25) is 0 Å². The van der Waals surface area contributed by atoms with E-state index in [1.54, 1.807) is 25.6 Å². The van der Waals surface area contributed by atoms with Gasteiger partial charge in [-0.2, -0.15) is 0 Å². The summed E-state index contributed by atoms with van der Waals surface area (Å²) in [6, 6.07) is 7.91. The maximum Gasteiger partial charge on any atom is 0.122 e. The fourth-order valence-electron chi connectivity index (χ4n) is 2.04. The normalized spacial score (nSPS) is 12.3. The van der Waals surface area contributed by atoms with Crippen LogP contribution >= 0.6 is 22.9 Å². The zero-order chi connectivity index (χ0) is 14.0. The summed E-state index contributed by atoms with van der Waals surface area (Å²) in [7, 11) is 3.28. The van der Waals surface area contributed by atoms with Crippen LogP contribution in [0, 0.1) is 13.8 Å². The molecular formula is C15H17ClO2S. The lowest BCUT2D eigenvalue weighted by Gasteiger charge is -2.13. The Bertz CT molecular complexity index is 555. The number of thiophene rings is 1. The van der Waals surface area contributed by atoms with E-state index in [0.29, 0.717) is 0 Å². The molecule has 0 saturated carbocycles. The molecule has 4 heteroatoms. The third-order valence-electron chi connectivity index (χ3n) is 2.98. The number of benzene rings is 1. The van der Waals surface area contributed by atoms with Gasteiger partial charge in [0.2, 0.25) is 0 Å². The fraction of sp³-hybridized carbons (Fsp3) is 0.333. The van der Waals surface area contributed by atoms with Gasteiger partial charge in [-0.15, -0.1) is 22.9 Å². The van der Waals surface area contributed by atoms with Crippen LogP contribution in [0.3, 0.4) is 0 Å². The van der Waals surface area contributed by atoms with Crippen LogP contribution in [0.25, 0.3) is 0 Å². The highest BCUT2D eigenvalue weighted by molar-refractivity contribution is 7.12. The first-order valence-electron chi connectivity index (χ1n) is 5.99. The van der Waals surface area contributed by atoms with E-state index in [2.05, 4.69) is 19.9 Å². The Labute approximate surface area is 122 Å². The molecule has 0 bridgehead atoms. The molecule has 2 nitrogen and oxygen atoms in total. The Balaban J connectivity index is 2.43. The molecule has 0 saturated heterocycles. The predicted molar refractivity (Wildman–Crippen MR) is 81.0 cm³/mol. The summed E-state index contributed by atoms with van der Waals surface area (Å²) < 4.78 is 10.6. The number of halogens is 1. The SMILES string of the molecule is COc1cc(OC)cc(C(Cl)c2sc(C)cc2C)c1. The minimum atomic E-state index is -0.178. The van der Waals surface area contributed by atoms with E-state index < -0.39 is 0 Å². The van der Waals surface area contributed by atoms with Gasteiger partial charge in [0.05, 0.1) is 19.6 Å². The third kappa shape index (κ3) is 3.04. The van der Waals surface area contributed by atoms with E-state index in [1.165, 1.54) is 15.3 Å². The quantitative estimate of drug-likeness (QED) is 0.761. The maximum atomic E-state index is 6.61. The average Bonchev–Trinajstić information content (AvgIpc) is 2.76. The van der Waals surface area contributed by atoms with Crippen molar-refractivity contribution >= 4 is 22.9 Å². The molecule has 0 spiro atoms. The molecule has 102 valence electrons. The van der Waals surface area contributed by atoms with Crippen molar-refractivity contribution in [3.8, 4) is 11.5 Å². The first-order chi connectivity index (χ1) is 9.05. The monoisotopic (exact) mass is 296 g/mol. The van der Waals surface area contributed by atoms with Gasteiger partial charge in [0.15, 0.2) is 0 Å². The van der Waals surface area contributed by atoms with Gasteiger partial charge in [0.25, 0.3) is 0 Å². The number of alkyl halides is 1. The molecule has 1 heterocycles. The van der Waals surface area contributed by atoms with Gasteiger partial charge >= 0.3 is 0 Å². The topological polar surface area (TPSA) is 18.5 Å². The minimum absolute atomic E-state index is 0.178. The molecular weight excluding hydrogens is 280 g/mol. The third-order valence-corrected chi connectivity index (χ3v) is 4.79. The van der Waals surface area contributed by atoms with Gasteiger partial charge in [-0.25, -0.2) is 0 Å². The van der Waals surface area contributed by atoms with Crippen LogP contribution in [0.4, 0.5) is 0 Å². The van der Waals surface area contributed by atoms with Crippen LogP contribution in [-0.4, -0.2) is 14.2 Å². The second kappa shape index (κ2) is 5.85. The summed E-state index contributed by atoms with van der Waals surface area (Å²) >= 11 is 8.34. The summed E-state index contributed by atoms with van der Waals surface area (Å²) in [5.41, 5.74) is 2.21. The van der Waals surface area contributed by atoms with Gasteiger partial charge in [-0.3, -0.25) is 0 Å². The highest BCUT2D eigenvalue weighted by Crippen LogP contribution is 2.39. The second-order valence-corrected chi connectivity index (χ2v) is 6.14. The Morgan fingerprint density at radius 3 is 2.00 bits per heavy atom. The van der Waals surface area contributed by atoms with Crippen LogP contribution < -0.4 is 9.47 Å². The van der Waals surface area contributed by atoms with Crippen molar-refractivity contribution in [2.75, 3.05) is 14.2 Å². The van der Waals surface area contributed by atoms with Gasteiger partial charge in [-0.05, 0) is 43.2 Å². The van der Waals surface area contributed by atoms with E-state index in [9.17, 15) is 0 Å². The molecule has 1 atom stereocenters. The average molecular weight is 297 g/mol. The maximum absolute atomic E-state index is 6.61. The molecule has 0 amide bonds. The van der Waals surface area contributed by atoms with Crippen LogP contribution in [0.15, 0.2) is 24.3 Å². The fourth-order valence-corrected chi connectivity index (χ4v) is 3.51. The summed E-state index contributed by atoms with van der Waals surface area (Å²) in [5, 5.41) is -0.178. The highest BCUT2D eigenvalue weighted by atomic mass is 35.5. The number of ether oxygens (including phenoxy) is 2. The minimum Gasteiger partial charge on any atom is -0.497 e. The van der Waals surface area contributed by atoms with Gasteiger partial charge in [0, 0.05) is 15.8 Å². The van der Waals surface area contributed by atoms with E-state index in [1.807, 2.05) is 18.2 Å². The number of methoxy groups -OCH3 is 2. The van der Waals surface area contributed by atoms with Crippen LogP contribution in [0.5, 0.6) is 11.5 Å². The molecule has 1 unspecified atom stereocenters. The molecule has 2 rings (SSSR count).